The molecule has 1 aliphatic heterocycles. The molecule has 1 fully saturated rings. The second-order valence-corrected chi connectivity index (χ2v) is 4.94. The molecular formula is C17H23NO2. The third-order valence-electron chi connectivity index (χ3n) is 3.44. The smallest absolute Gasteiger partial charge is 0.149 e. The summed E-state index contributed by atoms with van der Waals surface area (Å²) in [7, 11) is 0. The minimum absolute atomic E-state index is 0.436. The Morgan fingerprint density at radius 3 is 2.30 bits per heavy atom. The van der Waals surface area contributed by atoms with E-state index in [2.05, 4.69) is 16.7 Å². The topological polar surface area (TPSA) is 21.7 Å². The number of piperidine rings is 1. The van der Waals surface area contributed by atoms with Crippen LogP contribution in [0.15, 0.2) is 24.3 Å². The Hall–Kier alpha value is -1.66. The van der Waals surface area contributed by atoms with Crippen molar-refractivity contribution < 1.29 is 9.47 Å². The molecule has 1 aliphatic rings. The molecule has 108 valence electrons. The first-order valence-electron chi connectivity index (χ1n) is 7.36. The average Bonchev–Trinajstić information content (AvgIpc) is 2.50. The third kappa shape index (κ3) is 5.14. The van der Waals surface area contributed by atoms with Gasteiger partial charge in [-0.2, -0.15) is 0 Å². The summed E-state index contributed by atoms with van der Waals surface area (Å²) >= 11 is 0. The number of hydrogen-bond donors (Lipinski definition) is 0. The first-order chi connectivity index (χ1) is 9.88. The van der Waals surface area contributed by atoms with Crippen molar-refractivity contribution in [3.63, 3.8) is 0 Å². The Morgan fingerprint density at radius 1 is 1.00 bits per heavy atom. The van der Waals surface area contributed by atoms with Gasteiger partial charge in [0.1, 0.15) is 24.7 Å². The summed E-state index contributed by atoms with van der Waals surface area (Å²) < 4.78 is 11.2. The molecule has 0 bridgehead atoms. The van der Waals surface area contributed by atoms with Crippen LogP contribution >= 0.6 is 0 Å². The van der Waals surface area contributed by atoms with Gasteiger partial charge in [-0.25, -0.2) is 0 Å². The summed E-state index contributed by atoms with van der Waals surface area (Å²) in [6, 6.07) is 7.75. The van der Waals surface area contributed by atoms with Crippen molar-refractivity contribution in [1.82, 2.24) is 4.90 Å². The molecule has 0 unspecified atom stereocenters. The maximum absolute atomic E-state index is 5.76. The van der Waals surface area contributed by atoms with E-state index in [-0.39, 0.29) is 0 Å². The highest BCUT2D eigenvalue weighted by atomic mass is 16.5. The SMILES string of the molecule is CC#CCOc1ccc(OCCN2CCCCC2)cc1. The van der Waals surface area contributed by atoms with Crippen molar-refractivity contribution in [1.29, 1.82) is 0 Å². The first-order valence-corrected chi connectivity index (χ1v) is 7.36. The van der Waals surface area contributed by atoms with Gasteiger partial charge in [0.25, 0.3) is 0 Å². The van der Waals surface area contributed by atoms with Crippen LogP contribution in [-0.2, 0) is 0 Å². The van der Waals surface area contributed by atoms with Crippen LogP contribution in [0.25, 0.3) is 0 Å². The molecule has 20 heavy (non-hydrogen) atoms. The molecule has 0 amide bonds. The van der Waals surface area contributed by atoms with Gasteiger partial charge in [-0.05, 0) is 57.1 Å². The van der Waals surface area contributed by atoms with Gasteiger partial charge >= 0.3 is 0 Å². The zero-order valence-corrected chi connectivity index (χ0v) is 12.2. The highest BCUT2D eigenvalue weighted by Gasteiger charge is 2.09. The second-order valence-electron chi connectivity index (χ2n) is 4.94. The van der Waals surface area contributed by atoms with E-state index >= 15 is 0 Å². The molecule has 1 aromatic rings. The summed E-state index contributed by atoms with van der Waals surface area (Å²) in [5.74, 6) is 7.41. The van der Waals surface area contributed by atoms with E-state index in [4.69, 9.17) is 9.47 Å². The lowest BCUT2D eigenvalue weighted by molar-refractivity contribution is 0.183. The molecule has 1 aromatic carbocycles. The fourth-order valence-electron chi connectivity index (χ4n) is 2.30. The first kappa shape index (κ1) is 14.7. The molecule has 0 aliphatic carbocycles. The highest BCUT2D eigenvalue weighted by molar-refractivity contribution is 5.31. The lowest BCUT2D eigenvalue weighted by Crippen LogP contribution is -2.33. The van der Waals surface area contributed by atoms with Crippen LogP contribution < -0.4 is 9.47 Å². The molecular weight excluding hydrogens is 250 g/mol. The molecule has 0 radical (unpaired) electrons. The van der Waals surface area contributed by atoms with E-state index < -0.39 is 0 Å². The van der Waals surface area contributed by atoms with Crippen molar-refractivity contribution in [2.45, 2.75) is 26.2 Å². The van der Waals surface area contributed by atoms with Crippen molar-refractivity contribution in [2.75, 3.05) is 32.8 Å². The molecule has 0 saturated carbocycles. The fraction of sp³-hybridized carbons (Fsp3) is 0.529. The molecule has 0 N–H and O–H groups in total. The minimum atomic E-state index is 0.436. The standard InChI is InChI=1S/C17H23NO2/c1-2-3-14-19-16-7-9-17(10-8-16)20-15-13-18-11-5-4-6-12-18/h7-10H,4-6,11-15H2,1H3. The van der Waals surface area contributed by atoms with Gasteiger partial charge < -0.3 is 9.47 Å². The van der Waals surface area contributed by atoms with Crippen LogP contribution in [0.4, 0.5) is 0 Å². The molecule has 3 heteroatoms. The predicted octanol–water partition coefficient (Wildman–Crippen LogP) is 2.95. The molecule has 2 rings (SSSR count). The zero-order chi connectivity index (χ0) is 14.0. The lowest BCUT2D eigenvalue weighted by atomic mass is 10.1. The fourth-order valence-corrected chi connectivity index (χ4v) is 2.30. The van der Waals surface area contributed by atoms with Crippen molar-refractivity contribution in [3.8, 4) is 23.3 Å². The quantitative estimate of drug-likeness (QED) is 0.744. The van der Waals surface area contributed by atoms with E-state index in [1.807, 2.05) is 31.2 Å². The average molecular weight is 273 g/mol. The molecule has 0 spiro atoms. The van der Waals surface area contributed by atoms with Crippen LogP contribution in [0.5, 0.6) is 11.5 Å². The van der Waals surface area contributed by atoms with E-state index in [1.54, 1.807) is 0 Å². The number of nitrogens with zero attached hydrogens (tertiary/aromatic N) is 1. The number of ether oxygens (including phenoxy) is 2. The van der Waals surface area contributed by atoms with Gasteiger partial charge in [0.05, 0.1) is 0 Å². The predicted molar refractivity (Wildman–Crippen MR) is 81.2 cm³/mol. The zero-order valence-electron chi connectivity index (χ0n) is 12.2. The van der Waals surface area contributed by atoms with E-state index in [0.29, 0.717) is 6.61 Å². The van der Waals surface area contributed by atoms with Gasteiger partial charge in [-0.15, -0.1) is 5.92 Å². The summed E-state index contributed by atoms with van der Waals surface area (Å²) in [4.78, 5) is 2.48. The molecule has 1 heterocycles. The van der Waals surface area contributed by atoms with E-state index in [9.17, 15) is 0 Å². The molecule has 0 atom stereocenters. The number of benzene rings is 1. The summed E-state index contributed by atoms with van der Waals surface area (Å²) in [6.07, 6.45) is 4.03. The Labute approximate surface area is 121 Å². The second kappa shape index (κ2) is 8.50. The Balaban J connectivity index is 1.68. The van der Waals surface area contributed by atoms with Gasteiger partial charge in [0.15, 0.2) is 0 Å². The van der Waals surface area contributed by atoms with Crippen molar-refractivity contribution in [2.24, 2.45) is 0 Å². The number of likely N-dealkylation sites (tertiary alicyclic amines) is 1. The largest absolute Gasteiger partial charge is 0.492 e. The maximum Gasteiger partial charge on any atom is 0.149 e. The Morgan fingerprint density at radius 2 is 1.65 bits per heavy atom. The normalized spacial score (nSPS) is 15.2. The van der Waals surface area contributed by atoms with Gasteiger partial charge in [-0.1, -0.05) is 12.3 Å². The Bertz CT molecular complexity index is 438. The number of hydrogen-bond acceptors (Lipinski definition) is 3. The summed E-state index contributed by atoms with van der Waals surface area (Å²) in [5, 5.41) is 0. The highest BCUT2D eigenvalue weighted by Crippen LogP contribution is 2.17. The number of rotatable bonds is 6. The molecule has 1 saturated heterocycles. The van der Waals surface area contributed by atoms with Gasteiger partial charge in [0, 0.05) is 6.54 Å². The van der Waals surface area contributed by atoms with E-state index in [1.165, 1.54) is 32.4 Å². The van der Waals surface area contributed by atoms with Crippen LogP contribution in [0, 0.1) is 11.8 Å². The van der Waals surface area contributed by atoms with Crippen molar-refractivity contribution in [3.05, 3.63) is 24.3 Å². The van der Waals surface area contributed by atoms with Crippen molar-refractivity contribution >= 4 is 0 Å². The summed E-state index contributed by atoms with van der Waals surface area (Å²) in [6.45, 7) is 6.45. The van der Waals surface area contributed by atoms with Crippen LogP contribution in [0.1, 0.15) is 26.2 Å². The van der Waals surface area contributed by atoms with Crippen LogP contribution in [-0.4, -0.2) is 37.7 Å². The monoisotopic (exact) mass is 273 g/mol. The van der Waals surface area contributed by atoms with Crippen LogP contribution in [0.2, 0.25) is 0 Å². The van der Waals surface area contributed by atoms with Gasteiger partial charge in [-0.3, -0.25) is 4.90 Å². The van der Waals surface area contributed by atoms with Gasteiger partial charge in [0.2, 0.25) is 0 Å². The summed E-state index contributed by atoms with van der Waals surface area (Å²) in [5.41, 5.74) is 0. The third-order valence-corrected chi connectivity index (χ3v) is 3.44. The van der Waals surface area contributed by atoms with Crippen LogP contribution in [0.3, 0.4) is 0 Å². The van der Waals surface area contributed by atoms with E-state index in [0.717, 1.165) is 24.7 Å². The molecule has 0 aromatic heterocycles. The minimum Gasteiger partial charge on any atom is -0.492 e. The lowest BCUT2D eigenvalue weighted by Gasteiger charge is -2.26. The maximum atomic E-state index is 5.76. The molecule has 3 nitrogen and oxygen atoms in total. The Kier molecular flexibility index (Phi) is 6.26.